The first-order chi connectivity index (χ1) is 5.86. The molecular weight excluding hydrogens is 154 g/mol. The summed E-state index contributed by atoms with van der Waals surface area (Å²) in [5.41, 5.74) is 0.751. The van der Waals surface area contributed by atoms with Gasteiger partial charge in [-0.05, 0) is 6.42 Å². The molecule has 1 aromatic rings. The van der Waals surface area contributed by atoms with Crippen molar-refractivity contribution in [3.05, 3.63) is 12.4 Å². The maximum absolute atomic E-state index is 10.0. The molecule has 1 N–H and O–H groups in total. The minimum Gasteiger partial charge on any atom is -0.326 e. The zero-order chi connectivity index (χ0) is 8.81. The maximum atomic E-state index is 10.0. The molecule has 0 radical (unpaired) electrons. The Kier molecular flexibility index (Phi) is 3.32. The Hall–Kier alpha value is -1.32. The van der Waals surface area contributed by atoms with E-state index in [1.807, 2.05) is 10.9 Å². The van der Waals surface area contributed by atoms with E-state index in [1.165, 1.54) is 0 Å². The number of aryl methyl sites for hydroxylation is 1. The number of nitrogens with one attached hydrogen (secondary N) is 1. The Balaban J connectivity index is 2.46. The smallest absolute Gasteiger partial charge is 0.211 e. The lowest BCUT2D eigenvalue weighted by Gasteiger charge is -1.96. The van der Waals surface area contributed by atoms with Crippen LogP contribution in [0.15, 0.2) is 12.4 Å². The van der Waals surface area contributed by atoms with E-state index < -0.39 is 0 Å². The van der Waals surface area contributed by atoms with Gasteiger partial charge >= 0.3 is 0 Å². The molecule has 0 unspecified atom stereocenters. The molecule has 4 nitrogen and oxygen atoms in total. The zero-order valence-electron chi connectivity index (χ0n) is 7.16. The molecule has 0 saturated heterocycles. The van der Waals surface area contributed by atoms with Gasteiger partial charge in [0, 0.05) is 12.7 Å². The van der Waals surface area contributed by atoms with E-state index in [2.05, 4.69) is 17.3 Å². The van der Waals surface area contributed by atoms with Crippen LogP contribution in [0.25, 0.3) is 0 Å². The van der Waals surface area contributed by atoms with E-state index in [4.69, 9.17) is 0 Å². The van der Waals surface area contributed by atoms with Gasteiger partial charge in [0.2, 0.25) is 6.41 Å². The highest BCUT2D eigenvalue weighted by Crippen LogP contribution is 2.03. The van der Waals surface area contributed by atoms with Crippen molar-refractivity contribution in [1.29, 1.82) is 0 Å². The van der Waals surface area contributed by atoms with Crippen LogP contribution in [-0.2, 0) is 11.3 Å². The Morgan fingerprint density at radius 1 is 1.75 bits per heavy atom. The largest absolute Gasteiger partial charge is 0.326 e. The van der Waals surface area contributed by atoms with Crippen molar-refractivity contribution in [2.24, 2.45) is 0 Å². The van der Waals surface area contributed by atoms with Crippen LogP contribution in [0.5, 0.6) is 0 Å². The van der Waals surface area contributed by atoms with Crippen LogP contribution in [0, 0.1) is 0 Å². The number of hydrogen-bond donors (Lipinski definition) is 1. The third-order valence-electron chi connectivity index (χ3n) is 1.60. The SMILES string of the molecule is CCCCn1cc(NC=O)cn1. The average Bonchev–Trinajstić information content (AvgIpc) is 2.50. The molecule has 0 aliphatic carbocycles. The summed E-state index contributed by atoms with van der Waals surface area (Å²) in [7, 11) is 0. The van der Waals surface area contributed by atoms with Gasteiger partial charge in [-0.2, -0.15) is 5.10 Å². The van der Waals surface area contributed by atoms with Gasteiger partial charge in [-0.15, -0.1) is 0 Å². The van der Waals surface area contributed by atoms with Crippen LogP contribution in [0.2, 0.25) is 0 Å². The number of carbonyl (C=O) groups is 1. The van der Waals surface area contributed by atoms with Gasteiger partial charge in [-0.1, -0.05) is 13.3 Å². The topological polar surface area (TPSA) is 46.9 Å². The first-order valence-corrected chi connectivity index (χ1v) is 4.09. The Labute approximate surface area is 71.6 Å². The molecule has 12 heavy (non-hydrogen) atoms. The van der Waals surface area contributed by atoms with Gasteiger partial charge in [0.05, 0.1) is 11.9 Å². The lowest BCUT2D eigenvalue weighted by atomic mass is 10.3. The van der Waals surface area contributed by atoms with Crippen molar-refractivity contribution in [1.82, 2.24) is 9.78 Å². The van der Waals surface area contributed by atoms with E-state index in [0.29, 0.717) is 6.41 Å². The Morgan fingerprint density at radius 2 is 2.58 bits per heavy atom. The number of anilines is 1. The van der Waals surface area contributed by atoms with Crippen LogP contribution in [0.1, 0.15) is 19.8 Å². The molecule has 0 atom stereocenters. The molecule has 0 aromatic carbocycles. The third kappa shape index (κ3) is 2.38. The lowest BCUT2D eigenvalue weighted by molar-refractivity contribution is -0.105. The Bertz CT molecular complexity index is 244. The van der Waals surface area contributed by atoms with Crippen molar-refractivity contribution in [3.63, 3.8) is 0 Å². The monoisotopic (exact) mass is 167 g/mol. The van der Waals surface area contributed by atoms with Crippen LogP contribution in [0.3, 0.4) is 0 Å². The molecule has 4 heteroatoms. The molecule has 1 heterocycles. The van der Waals surface area contributed by atoms with E-state index >= 15 is 0 Å². The number of carbonyl (C=O) groups excluding carboxylic acids is 1. The highest BCUT2D eigenvalue weighted by molar-refractivity contribution is 5.69. The second-order valence-electron chi connectivity index (χ2n) is 2.61. The van der Waals surface area contributed by atoms with Crippen molar-refractivity contribution in [3.8, 4) is 0 Å². The summed E-state index contributed by atoms with van der Waals surface area (Å²) in [5.74, 6) is 0. The predicted molar refractivity (Wildman–Crippen MR) is 46.8 cm³/mol. The highest BCUT2D eigenvalue weighted by atomic mass is 16.1. The van der Waals surface area contributed by atoms with E-state index in [9.17, 15) is 4.79 Å². The van der Waals surface area contributed by atoms with Crippen molar-refractivity contribution < 1.29 is 4.79 Å². The number of amides is 1. The first kappa shape index (κ1) is 8.77. The molecule has 0 aliphatic heterocycles. The number of rotatable bonds is 5. The molecule has 0 bridgehead atoms. The van der Waals surface area contributed by atoms with Gasteiger partial charge in [0.25, 0.3) is 0 Å². The summed E-state index contributed by atoms with van der Waals surface area (Å²) in [4.78, 5) is 10.0. The molecular formula is C8H13N3O. The summed E-state index contributed by atoms with van der Waals surface area (Å²) < 4.78 is 1.83. The number of aromatic nitrogens is 2. The summed E-state index contributed by atoms with van der Waals surface area (Å²) in [6.07, 6.45) is 6.38. The molecule has 0 spiro atoms. The van der Waals surface area contributed by atoms with Gasteiger partial charge in [-0.25, -0.2) is 0 Å². The van der Waals surface area contributed by atoms with Gasteiger partial charge in [0.15, 0.2) is 0 Å². The average molecular weight is 167 g/mol. The quantitative estimate of drug-likeness (QED) is 0.671. The Morgan fingerprint density at radius 3 is 3.25 bits per heavy atom. The molecule has 1 amide bonds. The van der Waals surface area contributed by atoms with Gasteiger partial charge in [0.1, 0.15) is 0 Å². The molecule has 0 saturated carbocycles. The second kappa shape index (κ2) is 4.54. The minimum absolute atomic E-state index is 0.654. The summed E-state index contributed by atoms with van der Waals surface area (Å²) in [5, 5.41) is 6.61. The van der Waals surface area contributed by atoms with Crippen LogP contribution in [0.4, 0.5) is 5.69 Å². The fourth-order valence-corrected chi connectivity index (χ4v) is 0.949. The summed E-state index contributed by atoms with van der Waals surface area (Å²) in [6.45, 7) is 3.05. The number of unbranched alkanes of at least 4 members (excludes halogenated alkanes) is 1. The van der Waals surface area contributed by atoms with E-state index in [1.54, 1.807) is 6.20 Å². The second-order valence-corrected chi connectivity index (χ2v) is 2.61. The van der Waals surface area contributed by atoms with Crippen molar-refractivity contribution in [2.45, 2.75) is 26.3 Å². The number of nitrogens with zero attached hydrogens (tertiary/aromatic N) is 2. The minimum atomic E-state index is 0.654. The molecule has 1 aromatic heterocycles. The summed E-state index contributed by atoms with van der Waals surface area (Å²) in [6, 6.07) is 0. The van der Waals surface area contributed by atoms with E-state index in [-0.39, 0.29) is 0 Å². The zero-order valence-corrected chi connectivity index (χ0v) is 7.16. The van der Waals surface area contributed by atoms with Crippen molar-refractivity contribution in [2.75, 3.05) is 5.32 Å². The van der Waals surface area contributed by atoms with Crippen molar-refractivity contribution >= 4 is 12.1 Å². The predicted octanol–water partition coefficient (Wildman–Crippen LogP) is 1.25. The van der Waals surface area contributed by atoms with E-state index in [0.717, 1.165) is 25.1 Å². The standard InChI is InChI=1S/C8H13N3O/c1-2-3-4-11-6-8(5-10-11)9-7-12/h5-7H,2-4H2,1H3,(H,9,12). The normalized spacial score (nSPS) is 9.75. The molecule has 0 fully saturated rings. The third-order valence-corrected chi connectivity index (χ3v) is 1.60. The fourth-order valence-electron chi connectivity index (χ4n) is 0.949. The molecule has 0 aliphatic rings. The molecule has 1 rings (SSSR count). The molecule has 66 valence electrons. The van der Waals surface area contributed by atoms with Crippen LogP contribution in [-0.4, -0.2) is 16.2 Å². The maximum Gasteiger partial charge on any atom is 0.211 e. The van der Waals surface area contributed by atoms with Crippen LogP contribution >= 0.6 is 0 Å². The van der Waals surface area contributed by atoms with Gasteiger partial charge < -0.3 is 5.32 Å². The first-order valence-electron chi connectivity index (χ1n) is 4.09. The lowest BCUT2D eigenvalue weighted by Crippen LogP contribution is -1.97. The fraction of sp³-hybridized carbons (Fsp3) is 0.500. The highest BCUT2D eigenvalue weighted by Gasteiger charge is 1.95. The van der Waals surface area contributed by atoms with Gasteiger partial charge in [-0.3, -0.25) is 9.48 Å². The van der Waals surface area contributed by atoms with Crippen LogP contribution < -0.4 is 5.32 Å². The summed E-state index contributed by atoms with van der Waals surface area (Å²) >= 11 is 0. The number of hydrogen-bond acceptors (Lipinski definition) is 2.